The highest BCUT2D eigenvalue weighted by molar-refractivity contribution is 5.91. The van der Waals surface area contributed by atoms with Gasteiger partial charge in [-0.05, 0) is 35.9 Å². The molecule has 13 nitrogen and oxygen atoms in total. The van der Waals surface area contributed by atoms with E-state index in [1.165, 1.54) is 10.8 Å². The fraction of sp³-hybridized carbons (Fsp3) is 0.436. The maximum absolute atomic E-state index is 11.7. The minimum absolute atomic E-state index is 0.138. The molecule has 0 amide bonds. The number of carboxylic acids is 3. The van der Waals surface area contributed by atoms with Gasteiger partial charge in [0.15, 0.2) is 6.54 Å². The third-order valence-corrected chi connectivity index (χ3v) is 9.73. The Balaban J connectivity index is 1.39. The number of aliphatic carboxylic acids is 3. The Kier molecular flexibility index (Phi) is 13.0. The van der Waals surface area contributed by atoms with Crippen LogP contribution in [0.2, 0.25) is 0 Å². The molecular weight excluding hydrogens is 662 g/mol. The molecule has 3 aromatic carbocycles. The van der Waals surface area contributed by atoms with Crippen LogP contribution < -0.4 is 14.4 Å². The number of nitrogens with zero attached hydrogens (tertiary/aromatic N) is 7. The first kappa shape index (κ1) is 38.4. The maximum atomic E-state index is 11.7. The molecule has 1 aromatic heterocycles. The second-order valence-corrected chi connectivity index (χ2v) is 14.1. The smallest absolute Gasteiger partial charge is 0.317 e. The Morgan fingerprint density at radius 2 is 0.904 bits per heavy atom. The number of fused-ring (bicyclic) bond motifs is 2. The molecule has 278 valence electrons. The van der Waals surface area contributed by atoms with Crippen molar-refractivity contribution >= 4 is 51.1 Å². The molecule has 0 aliphatic carbocycles. The third kappa shape index (κ3) is 10.6. The molecule has 5 rings (SSSR count). The molecule has 1 saturated heterocycles. The van der Waals surface area contributed by atoms with Gasteiger partial charge in [-0.3, -0.25) is 34.0 Å². The molecule has 1 fully saturated rings. The summed E-state index contributed by atoms with van der Waals surface area (Å²) in [6.45, 7) is 4.51. The van der Waals surface area contributed by atoms with Crippen molar-refractivity contribution in [2.45, 2.75) is 13.1 Å². The van der Waals surface area contributed by atoms with Crippen molar-refractivity contribution in [3.8, 4) is 0 Å². The second-order valence-electron chi connectivity index (χ2n) is 14.1. The Labute approximate surface area is 305 Å². The van der Waals surface area contributed by atoms with Gasteiger partial charge >= 0.3 is 17.9 Å². The molecule has 52 heavy (non-hydrogen) atoms. The van der Waals surface area contributed by atoms with E-state index in [0.29, 0.717) is 65.4 Å². The summed E-state index contributed by atoms with van der Waals surface area (Å²) in [5.41, 5.74) is 6.84. The van der Waals surface area contributed by atoms with E-state index < -0.39 is 17.9 Å². The quantitative estimate of drug-likeness (QED) is 0.147. The van der Waals surface area contributed by atoms with E-state index in [1.807, 2.05) is 9.80 Å². The van der Waals surface area contributed by atoms with Crippen molar-refractivity contribution in [1.82, 2.24) is 19.6 Å². The summed E-state index contributed by atoms with van der Waals surface area (Å²) in [6.07, 6.45) is 0. The van der Waals surface area contributed by atoms with E-state index in [2.05, 4.69) is 114 Å². The van der Waals surface area contributed by atoms with Crippen LogP contribution in [0.25, 0.3) is 21.8 Å². The summed E-state index contributed by atoms with van der Waals surface area (Å²) in [6, 6.07) is 24.0. The van der Waals surface area contributed by atoms with Crippen LogP contribution in [0.5, 0.6) is 0 Å². The van der Waals surface area contributed by atoms with E-state index in [9.17, 15) is 29.7 Å². The maximum Gasteiger partial charge on any atom is 0.317 e. The fourth-order valence-corrected chi connectivity index (χ4v) is 6.78. The highest BCUT2D eigenvalue weighted by atomic mass is 16.4. The van der Waals surface area contributed by atoms with Crippen LogP contribution in [0.1, 0.15) is 11.1 Å². The Morgan fingerprint density at radius 3 is 1.27 bits per heavy atom. The summed E-state index contributed by atoms with van der Waals surface area (Å²) >= 11 is 0. The standard InChI is InChI=1S/C39H51N7O6/c1-40(2)33-11-9-31-21-32-10-12-34(41(3)4)23-36(32)46(35(31)22-33)25-30-7-5-29(6-8-30)24-42-13-15-43(26-37(47)48)17-19-45(28-39(51)52)20-18-44(16-14-42)27-38(49)50/h5-12,21-23H,13-20,24-28H2,1-4H3,(H2-,47,48,49,50,51,52)/p+1. The van der Waals surface area contributed by atoms with Crippen LogP contribution in [-0.2, 0) is 27.5 Å². The van der Waals surface area contributed by atoms with Gasteiger partial charge in [0.2, 0.25) is 11.0 Å². The van der Waals surface area contributed by atoms with E-state index in [-0.39, 0.29) is 19.6 Å². The highest BCUT2D eigenvalue weighted by Gasteiger charge is 2.22. The topological polar surface area (TPSA) is 135 Å². The van der Waals surface area contributed by atoms with Crippen molar-refractivity contribution in [2.24, 2.45) is 0 Å². The Hall–Kier alpha value is -4.82. The zero-order valence-electron chi connectivity index (χ0n) is 30.7. The molecule has 1 aliphatic rings. The van der Waals surface area contributed by atoms with Gasteiger partial charge in [-0.15, -0.1) is 0 Å². The number of pyridine rings is 1. The summed E-state index contributed by atoms with van der Waals surface area (Å²) < 4.78 is 2.39. The van der Waals surface area contributed by atoms with Crippen LogP contribution in [0.4, 0.5) is 11.4 Å². The number of hydrogen-bond donors (Lipinski definition) is 3. The number of anilines is 2. The van der Waals surface area contributed by atoms with Crippen molar-refractivity contribution in [1.29, 1.82) is 0 Å². The normalized spacial score (nSPS) is 16.0. The SMILES string of the molecule is CN(C)c1ccc2cc3ccc(N(C)C)cc3[n+](Cc3ccc(CN4CCN(CC(=O)O)CCN(CC(=O)O)CCN(CC(=O)O)CC4)cc3)c2c1. The Bertz CT molecular complexity index is 1770. The average Bonchev–Trinajstić information content (AvgIpc) is 3.08. The number of carbonyl (C=O) groups is 3. The second kappa shape index (κ2) is 17.6. The zero-order chi connectivity index (χ0) is 37.4. The molecule has 0 spiro atoms. The van der Waals surface area contributed by atoms with Crippen LogP contribution in [0, 0.1) is 0 Å². The van der Waals surface area contributed by atoms with E-state index in [1.54, 1.807) is 4.90 Å². The highest BCUT2D eigenvalue weighted by Crippen LogP contribution is 2.26. The van der Waals surface area contributed by atoms with Gasteiger partial charge in [-0.2, -0.15) is 4.57 Å². The van der Waals surface area contributed by atoms with Gasteiger partial charge in [-0.25, -0.2) is 0 Å². The monoisotopic (exact) mass is 714 g/mol. The number of benzene rings is 3. The van der Waals surface area contributed by atoms with Gasteiger partial charge in [-0.1, -0.05) is 24.3 Å². The lowest BCUT2D eigenvalue weighted by atomic mass is 10.1. The van der Waals surface area contributed by atoms with Crippen LogP contribution in [0.15, 0.2) is 66.7 Å². The summed E-state index contributed by atoms with van der Waals surface area (Å²) in [5, 5.41) is 30.9. The van der Waals surface area contributed by atoms with Gasteiger partial charge in [0.05, 0.1) is 19.6 Å². The largest absolute Gasteiger partial charge is 0.480 e. The fourth-order valence-electron chi connectivity index (χ4n) is 6.78. The summed E-state index contributed by atoms with van der Waals surface area (Å²) in [4.78, 5) is 46.8. The number of rotatable bonds is 12. The predicted molar refractivity (Wildman–Crippen MR) is 203 cm³/mol. The average molecular weight is 715 g/mol. The molecule has 4 aromatic rings. The molecule has 3 N–H and O–H groups in total. The third-order valence-electron chi connectivity index (χ3n) is 9.73. The molecule has 13 heteroatoms. The first-order valence-corrected chi connectivity index (χ1v) is 17.7. The van der Waals surface area contributed by atoms with E-state index in [4.69, 9.17) is 0 Å². The van der Waals surface area contributed by atoms with Gasteiger partial charge in [0, 0.05) is 127 Å². The minimum atomic E-state index is -0.972. The van der Waals surface area contributed by atoms with Crippen molar-refractivity contribution in [3.63, 3.8) is 0 Å². The number of carboxylic acid groups (broad SMARTS) is 3. The Morgan fingerprint density at radius 1 is 0.538 bits per heavy atom. The lowest BCUT2D eigenvalue weighted by Gasteiger charge is -2.33. The predicted octanol–water partition coefficient (Wildman–Crippen LogP) is 2.44. The van der Waals surface area contributed by atoms with Gasteiger partial charge in [0.25, 0.3) is 0 Å². The van der Waals surface area contributed by atoms with E-state index in [0.717, 1.165) is 33.5 Å². The molecule has 2 heterocycles. The molecule has 1 aliphatic heterocycles. The molecule has 0 radical (unpaired) electrons. The van der Waals surface area contributed by atoms with E-state index >= 15 is 0 Å². The van der Waals surface area contributed by atoms with Crippen LogP contribution in [0.3, 0.4) is 0 Å². The first-order chi connectivity index (χ1) is 24.8. The zero-order valence-corrected chi connectivity index (χ0v) is 30.7. The van der Waals surface area contributed by atoms with Crippen molar-refractivity contribution in [3.05, 3.63) is 77.9 Å². The lowest BCUT2D eigenvalue weighted by Crippen LogP contribution is -2.48. The molecule has 0 atom stereocenters. The van der Waals surface area contributed by atoms with Crippen LogP contribution in [-0.4, -0.2) is 153 Å². The molecular formula is C39H52N7O6+. The van der Waals surface area contributed by atoms with Crippen molar-refractivity contribution < 1.29 is 34.3 Å². The number of hydrogen-bond acceptors (Lipinski definition) is 9. The molecule has 0 bridgehead atoms. The molecule has 0 saturated carbocycles. The summed E-state index contributed by atoms with van der Waals surface area (Å²) in [7, 11) is 8.21. The first-order valence-electron chi connectivity index (χ1n) is 17.7. The minimum Gasteiger partial charge on any atom is -0.480 e. The van der Waals surface area contributed by atoms with Crippen LogP contribution >= 0.6 is 0 Å². The summed E-state index contributed by atoms with van der Waals surface area (Å²) in [5.74, 6) is -2.83. The molecule has 0 unspecified atom stereocenters. The van der Waals surface area contributed by atoms with Crippen molar-refractivity contribution in [2.75, 3.05) is 110 Å². The number of aromatic nitrogens is 1. The lowest BCUT2D eigenvalue weighted by molar-refractivity contribution is -0.635. The van der Waals surface area contributed by atoms with Gasteiger partial charge < -0.3 is 25.1 Å². The van der Waals surface area contributed by atoms with Gasteiger partial charge in [0.1, 0.15) is 0 Å².